The van der Waals surface area contributed by atoms with Gasteiger partial charge in [0.25, 0.3) is 0 Å². The van der Waals surface area contributed by atoms with Gasteiger partial charge in [-0.3, -0.25) is 9.78 Å². The van der Waals surface area contributed by atoms with Crippen molar-refractivity contribution in [2.45, 2.75) is 19.8 Å². The second kappa shape index (κ2) is 6.65. The van der Waals surface area contributed by atoms with Crippen LogP contribution in [0.2, 0.25) is 0 Å². The second-order valence-corrected chi connectivity index (χ2v) is 5.57. The molecule has 20 heavy (non-hydrogen) atoms. The van der Waals surface area contributed by atoms with E-state index in [9.17, 15) is 4.79 Å². The fourth-order valence-corrected chi connectivity index (χ4v) is 2.52. The molecule has 1 aromatic rings. The monoisotopic (exact) mass is 292 g/mol. The number of anilines is 1. The molecule has 0 radical (unpaired) electrons. The number of pyridine rings is 1. The predicted octanol–water partition coefficient (Wildman–Crippen LogP) is 1.07. The van der Waals surface area contributed by atoms with Crippen molar-refractivity contribution in [1.29, 1.82) is 0 Å². The van der Waals surface area contributed by atoms with Gasteiger partial charge in [-0.1, -0.05) is 12.2 Å². The maximum atomic E-state index is 10.9. The number of carbonyl (C=O) groups is 1. The number of aromatic nitrogens is 1. The zero-order valence-corrected chi connectivity index (χ0v) is 12.4. The molecular formula is C14H20N4OS. The Morgan fingerprint density at radius 1 is 1.50 bits per heavy atom. The quantitative estimate of drug-likeness (QED) is 0.812. The molecule has 1 aliphatic heterocycles. The summed E-state index contributed by atoms with van der Waals surface area (Å²) in [5.74, 6) is 0.615. The number of nitrogens with two attached hydrogens (primary N) is 1. The third-order valence-electron chi connectivity index (χ3n) is 3.62. The first-order chi connectivity index (χ1) is 9.56. The van der Waals surface area contributed by atoms with Gasteiger partial charge in [-0.2, -0.15) is 0 Å². The van der Waals surface area contributed by atoms with Gasteiger partial charge in [0, 0.05) is 26.6 Å². The van der Waals surface area contributed by atoms with E-state index in [0.717, 1.165) is 38.2 Å². The highest BCUT2D eigenvalue weighted by atomic mass is 32.1. The van der Waals surface area contributed by atoms with Gasteiger partial charge in [0.1, 0.15) is 4.99 Å². The number of nitrogens with zero attached hydrogens (tertiary/aromatic N) is 2. The number of thiocarbonyl (C=S) groups is 1. The minimum absolute atomic E-state index is 0.0463. The number of rotatable bonds is 4. The van der Waals surface area contributed by atoms with Crippen LogP contribution in [0.4, 0.5) is 5.69 Å². The van der Waals surface area contributed by atoms with Crippen molar-refractivity contribution in [2.24, 2.45) is 11.7 Å². The molecule has 1 amide bonds. The van der Waals surface area contributed by atoms with Gasteiger partial charge in [0.2, 0.25) is 5.91 Å². The van der Waals surface area contributed by atoms with Gasteiger partial charge >= 0.3 is 0 Å². The lowest BCUT2D eigenvalue weighted by Crippen LogP contribution is -2.38. The van der Waals surface area contributed by atoms with Gasteiger partial charge in [-0.15, -0.1) is 0 Å². The average molecular weight is 292 g/mol. The van der Waals surface area contributed by atoms with Crippen molar-refractivity contribution in [2.75, 3.05) is 24.5 Å². The first kappa shape index (κ1) is 14.7. The first-order valence-corrected chi connectivity index (χ1v) is 7.22. The average Bonchev–Trinajstić information content (AvgIpc) is 2.46. The van der Waals surface area contributed by atoms with E-state index < -0.39 is 0 Å². The number of nitrogens with one attached hydrogen (secondary N) is 1. The molecule has 0 atom stereocenters. The normalized spacial score (nSPS) is 15.9. The van der Waals surface area contributed by atoms with Crippen LogP contribution >= 0.6 is 12.2 Å². The van der Waals surface area contributed by atoms with Crippen molar-refractivity contribution in [1.82, 2.24) is 10.3 Å². The molecule has 2 heterocycles. The third-order valence-corrected chi connectivity index (χ3v) is 3.83. The summed E-state index contributed by atoms with van der Waals surface area (Å²) >= 11 is 4.89. The molecule has 1 saturated heterocycles. The summed E-state index contributed by atoms with van der Waals surface area (Å²) in [5.41, 5.74) is 7.30. The van der Waals surface area contributed by atoms with Crippen molar-refractivity contribution in [3.8, 4) is 0 Å². The molecule has 1 aromatic heterocycles. The Morgan fingerprint density at radius 2 is 2.20 bits per heavy atom. The number of hydrogen-bond acceptors (Lipinski definition) is 4. The highest BCUT2D eigenvalue weighted by Crippen LogP contribution is 2.22. The lowest BCUT2D eigenvalue weighted by molar-refractivity contribution is -0.119. The van der Waals surface area contributed by atoms with Crippen LogP contribution in [-0.4, -0.2) is 35.5 Å². The Bertz CT molecular complexity index is 480. The lowest BCUT2D eigenvalue weighted by Gasteiger charge is -2.33. The summed E-state index contributed by atoms with van der Waals surface area (Å²) in [4.78, 5) is 17.8. The molecule has 1 aliphatic rings. The molecule has 0 saturated carbocycles. The molecule has 0 bridgehead atoms. The lowest BCUT2D eigenvalue weighted by atomic mass is 9.96. The summed E-state index contributed by atoms with van der Waals surface area (Å²) in [7, 11) is 0. The van der Waals surface area contributed by atoms with Crippen LogP contribution in [-0.2, 0) is 4.79 Å². The van der Waals surface area contributed by atoms with Crippen LogP contribution in [0.15, 0.2) is 18.3 Å². The predicted molar refractivity (Wildman–Crippen MR) is 83.7 cm³/mol. The molecule has 5 nitrogen and oxygen atoms in total. The maximum Gasteiger partial charge on any atom is 0.216 e. The number of amides is 1. The maximum absolute atomic E-state index is 10.9. The topological polar surface area (TPSA) is 71.2 Å². The minimum atomic E-state index is 0.0463. The largest absolute Gasteiger partial charge is 0.388 e. The van der Waals surface area contributed by atoms with E-state index in [1.807, 2.05) is 18.3 Å². The Kier molecular flexibility index (Phi) is 4.89. The van der Waals surface area contributed by atoms with Crippen molar-refractivity contribution in [3.05, 3.63) is 24.0 Å². The zero-order chi connectivity index (χ0) is 14.5. The zero-order valence-electron chi connectivity index (χ0n) is 11.6. The third kappa shape index (κ3) is 3.90. The van der Waals surface area contributed by atoms with Gasteiger partial charge in [-0.25, -0.2) is 0 Å². The Balaban J connectivity index is 1.87. The van der Waals surface area contributed by atoms with E-state index in [2.05, 4.69) is 15.2 Å². The number of piperidine rings is 1. The van der Waals surface area contributed by atoms with Gasteiger partial charge < -0.3 is 16.0 Å². The Morgan fingerprint density at radius 3 is 2.70 bits per heavy atom. The summed E-state index contributed by atoms with van der Waals surface area (Å²) in [6.45, 7) is 4.31. The number of carbonyl (C=O) groups excluding carboxylic acids is 1. The fraction of sp³-hybridized carbons (Fsp3) is 0.500. The fourth-order valence-electron chi connectivity index (χ4n) is 2.40. The summed E-state index contributed by atoms with van der Waals surface area (Å²) < 4.78 is 0. The highest BCUT2D eigenvalue weighted by molar-refractivity contribution is 7.80. The molecule has 0 aliphatic carbocycles. The summed E-state index contributed by atoms with van der Waals surface area (Å²) in [6, 6.07) is 3.87. The summed E-state index contributed by atoms with van der Waals surface area (Å²) in [5, 5.41) is 2.89. The smallest absolute Gasteiger partial charge is 0.216 e. The molecule has 0 aromatic carbocycles. The van der Waals surface area contributed by atoms with Crippen molar-refractivity contribution < 1.29 is 4.79 Å². The molecule has 2 rings (SSSR count). The molecule has 0 spiro atoms. The van der Waals surface area contributed by atoms with Crippen LogP contribution in [0, 0.1) is 5.92 Å². The molecule has 1 fully saturated rings. The first-order valence-electron chi connectivity index (χ1n) is 6.81. The van der Waals surface area contributed by atoms with Gasteiger partial charge in [-0.05, 0) is 30.9 Å². The molecule has 0 unspecified atom stereocenters. The van der Waals surface area contributed by atoms with E-state index in [4.69, 9.17) is 18.0 Å². The van der Waals surface area contributed by atoms with E-state index in [1.165, 1.54) is 0 Å². The number of hydrogen-bond donors (Lipinski definition) is 2. The minimum Gasteiger partial charge on any atom is -0.388 e. The molecule has 3 N–H and O–H groups in total. The van der Waals surface area contributed by atoms with Crippen LogP contribution in [0.5, 0.6) is 0 Å². The molecule has 108 valence electrons. The van der Waals surface area contributed by atoms with Crippen LogP contribution < -0.4 is 16.0 Å². The van der Waals surface area contributed by atoms with E-state index >= 15 is 0 Å². The Labute approximate surface area is 124 Å². The van der Waals surface area contributed by atoms with E-state index in [-0.39, 0.29) is 5.91 Å². The van der Waals surface area contributed by atoms with Crippen LogP contribution in [0.25, 0.3) is 0 Å². The van der Waals surface area contributed by atoms with Crippen molar-refractivity contribution >= 4 is 28.8 Å². The second-order valence-electron chi connectivity index (χ2n) is 5.13. The van der Waals surface area contributed by atoms with Crippen molar-refractivity contribution in [3.63, 3.8) is 0 Å². The van der Waals surface area contributed by atoms with Crippen LogP contribution in [0.1, 0.15) is 25.5 Å². The van der Waals surface area contributed by atoms with E-state index in [1.54, 1.807) is 6.92 Å². The molecular weight excluding hydrogens is 272 g/mol. The van der Waals surface area contributed by atoms with E-state index in [0.29, 0.717) is 16.6 Å². The highest BCUT2D eigenvalue weighted by Gasteiger charge is 2.19. The van der Waals surface area contributed by atoms with Gasteiger partial charge in [0.15, 0.2) is 0 Å². The SMILES string of the molecule is CC(=O)NCC1CCN(c2ccc(C(N)=S)nc2)CC1. The van der Waals surface area contributed by atoms with Crippen LogP contribution in [0.3, 0.4) is 0 Å². The Hall–Kier alpha value is -1.69. The molecule has 6 heteroatoms. The standard InChI is InChI=1S/C14H20N4OS/c1-10(19)16-8-11-4-6-18(7-5-11)12-2-3-13(14(15)20)17-9-12/h2-3,9,11H,4-8H2,1H3,(H2,15,20)(H,16,19). The summed E-state index contributed by atoms with van der Waals surface area (Å²) in [6.07, 6.45) is 3.98. The van der Waals surface area contributed by atoms with Gasteiger partial charge in [0.05, 0.1) is 17.6 Å².